The third kappa shape index (κ3) is 3.03. The summed E-state index contributed by atoms with van der Waals surface area (Å²) in [6.07, 6.45) is -0.860. The van der Waals surface area contributed by atoms with E-state index in [9.17, 15) is 4.79 Å². The summed E-state index contributed by atoms with van der Waals surface area (Å²) in [7, 11) is 0. The zero-order valence-electron chi connectivity index (χ0n) is 6.00. The zero-order valence-corrected chi connectivity index (χ0v) is 6.76. The Hall–Kier alpha value is -0.280. The van der Waals surface area contributed by atoms with E-state index in [1.54, 1.807) is 6.92 Å². The van der Waals surface area contributed by atoms with Gasteiger partial charge in [0.25, 0.3) is 0 Å². The number of ether oxygens (including phenoxy) is 1. The molecule has 0 aliphatic heterocycles. The predicted molar refractivity (Wildman–Crippen MR) is 38.0 cm³/mol. The van der Waals surface area contributed by atoms with E-state index in [1.165, 1.54) is 6.92 Å². The maximum absolute atomic E-state index is 10.7. The summed E-state index contributed by atoms with van der Waals surface area (Å²) < 4.78 is 4.53. The van der Waals surface area contributed by atoms with Gasteiger partial charge < -0.3 is 9.84 Å². The highest BCUT2D eigenvalue weighted by molar-refractivity contribution is 6.30. The molecule has 0 saturated carbocycles. The van der Waals surface area contributed by atoms with Gasteiger partial charge >= 0.3 is 5.97 Å². The molecule has 2 unspecified atom stereocenters. The van der Waals surface area contributed by atoms with Gasteiger partial charge in [0.1, 0.15) is 0 Å². The molecule has 60 valence electrons. The van der Waals surface area contributed by atoms with Crippen molar-refractivity contribution in [2.75, 3.05) is 6.61 Å². The van der Waals surface area contributed by atoms with Crippen molar-refractivity contribution in [3.05, 3.63) is 0 Å². The highest BCUT2D eigenvalue weighted by Crippen LogP contribution is 2.04. The molecule has 10 heavy (non-hydrogen) atoms. The van der Waals surface area contributed by atoms with Gasteiger partial charge in [0, 0.05) is 0 Å². The summed E-state index contributed by atoms with van der Waals surface area (Å²) in [5, 5.41) is 7.84. The maximum atomic E-state index is 10.7. The third-order valence-electron chi connectivity index (χ3n) is 0.935. The second kappa shape index (κ2) is 4.52. The Morgan fingerprint density at radius 2 is 2.30 bits per heavy atom. The lowest BCUT2D eigenvalue weighted by Crippen LogP contribution is -2.28. The lowest BCUT2D eigenvalue weighted by atomic mass is 10.3. The first-order chi connectivity index (χ1) is 4.59. The minimum Gasteiger partial charge on any atom is -0.465 e. The van der Waals surface area contributed by atoms with E-state index < -0.39 is 17.5 Å². The fourth-order valence-electron chi connectivity index (χ4n) is 0.419. The standard InChI is InChI=1S/C6H11ClO3/c1-3-10-6(9)5(7)4(2)8/h4-5,8H,3H2,1-2H3. The average molecular weight is 167 g/mol. The predicted octanol–water partition coefficient (Wildman–Crippen LogP) is 0.538. The molecule has 1 N–H and O–H groups in total. The summed E-state index contributed by atoms with van der Waals surface area (Å²) in [5.41, 5.74) is 0. The Labute approximate surface area is 64.9 Å². The first-order valence-electron chi connectivity index (χ1n) is 3.08. The molecule has 0 fully saturated rings. The summed E-state index contributed by atoms with van der Waals surface area (Å²) in [6, 6.07) is 0. The molecule has 0 rings (SSSR count). The average Bonchev–Trinajstić information content (AvgIpc) is 1.87. The summed E-state index contributed by atoms with van der Waals surface area (Å²) in [6.45, 7) is 3.41. The van der Waals surface area contributed by atoms with Gasteiger partial charge in [-0.25, -0.2) is 0 Å². The molecule has 0 radical (unpaired) electrons. The van der Waals surface area contributed by atoms with E-state index in [-0.39, 0.29) is 6.61 Å². The van der Waals surface area contributed by atoms with Crippen LogP contribution >= 0.6 is 11.6 Å². The minimum absolute atomic E-state index is 0.286. The summed E-state index contributed by atoms with van der Waals surface area (Å²) in [5.74, 6) is -0.570. The van der Waals surface area contributed by atoms with Gasteiger partial charge in [0.15, 0.2) is 5.38 Å². The fraction of sp³-hybridized carbons (Fsp3) is 0.833. The number of aliphatic hydroxyl groups excluding tert-OH is 1. The largest absolute Gasteiger partial charge is 0.465 e. The molecule has 0 heterocycles. The van der Waals surface area contributed by atoms with Crippen LogP contribution in [-0.2, 0) is 9.53 Å². The van der Waals surface area contributed by atoms with Crippen molar-refractivity contribution in [3.8, 4) is 0 Å². The van der Waals surface area contributed by atoms with Crippen LogP contribution in [0.15, 0.2) is 0 Å². The van der Waals surface area contributed by atoms with Crippen molar-refractivity contribution in [1.29, 1.82) is 0 Å². The number of rotatable bonds is 3. The molecule has 0 saturated heterocycles. The molecular weight excluding hydrogens is 156 g/mol. The summed E-state index contributed by atoms with van der Waals surface area (Å²) >= 11 is 5.42. The van der Waals surface area contributed by atoms with Gasteiger partial charge in [-0.3, -0.25) is 4.79 Å². The van der Waals surface area contributed by atoms with E-state index in [0.717, 1.165) is 0 Å². The molecule has 0 spiro atoms. The quantitative estimate of drug-likeness (QED) is 0.492. The highest BCUT2D eigenvalue weighted by Gasteiger charge is 2.21. The van der Waals surface area contributed by atoms with Crippen LogP contribution in [0.4, 0.5) is 0 Å². The first kappa shape index (κ1) is 9.72. The zero-order chi connectivity index (χ0) is 8.15. The van der Waals surface area contributed by atoms with Crippen LogP contribution in [0.2, 0.25) is 0 Å². The van der Waals surface area contributed by atoms with Crippen molar-refractivity contribution >= 4 is 17.6 Å². The molecule has 0 aromatic carbocycles. The van der Waals surface area contributed by atoms with Crippen molar-refractivity contribution in [2.24, 2.45) is 0 Å². The number of esters is 1. The Bertz CT molecular complexity index is 114. The number of halogens is 1. The van der Waals surface area contributed by atoms with E-state index in [1.807, 2.05) is 0 Å². The Balaban J connectivity index is 3.71. The molecule has 0 aliphatic carbocycles. The Morgan fingerprint density at radius 3 is 2.60 bits per heavy atom. The smallest absolute Gasteiger partial charge is 0.326 e. The molecule has 0 aromatic heterocycles. The lowest BCUT2D eigenvalue weighted by Gasteiger charge is -2.09. The molecule has 0 amide bonds. The van der Waals surface area contributed by atoms with Gasteiger partial charge in [-0.2, -0.15) is 0 Å². The van der Waals surface area contributed by atoms with Gasteiger partial charge in [-0.05, 0) is 13.8 Å². The van der Waals surface area contributed by atoms with Gasteiger partial charge in [0.2, 0.25) is 0 Å². The van der Waals surface area contributed by atoms with Crippen LogP contribution in [0.5, 0.6) is 0 Å². The van der Waals surface area contributed by atoms with Crippen molar-refractivity contribution in [3.63, 3.8) is 0 Å². The summed E-state index contributed by atoms with van der Waals surface area (Å²) in [4.78, 5) is 10.7. The number of carbonyl (C=O) groups excluding carboxylic acids is 1. The van der Waals surface area contributed by atoms with Crippen LogP contribution in [0, 0.1) is 0 Å². The van der Waals surface area contributed by atoms with Gasteiger partial charge in [-0.1, -0.05) is 0 Å². The molecule has 0 aromatic rings. The topological polar surface area (TPSA) is 46.5 Å². The number of hydrogen-bond acceptors (Lipinski definition) is 3. The molecule has 4 heteroatoms. The highest BCUT2D eigenvalue weighted by atomic mass is 35.5. The Morgan fingerprint density at radius 1 is 1.80 bits per heavy atom. The molecule has 0 bridgehead atoms. The van der Waals surface area contributed by atoms with Gasteiger partial charge in [0.05, 0.1) is 12.7 Å². The van der Waals surface area contributed by atoms with E-state index >= 15 is 0 Å². The monoisotopic (exact) mass is 166 g/mol. The normalized spacial score (nSPS) is 16.0. The SMILES string of the molecule is CCOC(=O)C(Cl)C(C)O. The van der Waals surface area contributed by atoms with Crippen molar-refractivity contribution in [1.82, 2.24) is 0 Å². The fourth-order valence-corrected chi connectivity index (χ4v) is 0.482. The van der Waals surface area contributed by atoms with Crippen LogP contribution in [-0.4, -0.2) is 29.2 Å². The van der Waals surface area contributed by atoms with Crippen molar-refractivity contribution < 1.29 is 14.6 Å². The number of aliphatic hydroxyl groups is 1. The molecule has 0 aliphatic rings. The van der Waals surface area contributed by atoms with Gasteiger partial charge in [-0.15, -0.1) is 11.6 Å². The second-order valence-corrected chi connectivity index (χ2v) is 2.36. The van der Waals surface area contributed by atoms with E-state index in [4.69, 9.17) is 16.7 Å². The van der Waals surface area contributed by atoms with Crippen molar-refractivity contribution in [2.45, 2.75) is 25.3 Å². The molecule has 3 nitrogen and oxygen atoms in total. The molecular formula is C6H11ClO3. The number of alkyl halides is 1. The molecule has 2 atom stereocenters. The van der Waals surface area contributed by atoms with Crippen LogP contribution < -0.4 is 0 Å². The number of hydrogen-bond donors (Lipinski definition) is 1. The van der Waals surface area contributed by atoms with Crippen LogP contribution in [0.3, 0.4) is 0 Å². The first-order valence-corrected chi connectivity index (χ1v) is 3.52. The van der Waals surface area contributed by atoms with Crippen LogP contribution in [0.25, 0.3) is 0 Å². The maximum Gasteiger partial charge on any atom is 0.326 e. The third-order valence-corrected chi connectivity index (χ3v) is 1.48. The lowest BCUT2D eigenvalue weighted by molar-refractivity contribution is -0.144. The Kier molecular flexibility index (Phi) is 4.40. The second-order valence-electron chi connectivity index (χ2n) is 1.89. The van der Waals surface area contributed by atoms with E-state index in [0.29, 0.717) is 0 Å². The van der Waals surface area contributed by atoms with Crippen LogP contribution in [0.1, 0.15) is 13.8 Å². The minimum atomic E-state index is -0.944. The van der Waals surface area contributed by atoms with E-state index in [2.05, 4.69) is 4.74 Å². The number of carbonyl (C=O) groups is 1.